The molecule has 0 saturated heterocycles. The maximum absolute atomic E-state index is 12.2. The van der Waals surface area contributed by atoms with E-state index in [1.165, 1.54) is 18.6 Å². The molecular formula is C17H25BrN2O3S. The predicted molar refractivity (Wildman–Crippen MR) is 98.1 cm³/mol. The van der Waals surface area contributed by atoms with Gasteiger partial charge in [0.25, 0.3) is 0 Å². The average Bonchev–Trinajstić information content (AvgIpc) is 2.52. The van der Waals surface area contributed by atoms with Crippen LogP contribution in [0.5, 0.6) is 0 Å². The fourth-order valence-electron chi connectivity index (χ4n) is 3.06. The van der Waals surface area contributed by atoms with Crippen LogP contribution in [0.4, 0.5) is 0 Å². The lowest BCUT2D eigenvalue weighted by atomic mass is 9.78. The van der Waals surface area contributed by atoms with Crippen molar-refractivity contribution in [2.24, 2.45) is 11.8 Å². The van der Waals surface area contributed by atoms with Crippen molar-refractivity contribution in [2.75, 3.05) is 6.54 Å². The molecular weight excluding hydrogens is 392 g/mol. The molecule has 1 aromatic carbocycles. The van der Waals surface area contributed by atoms with Crippen LogP contribution in [-0.4, -0.2) is 26.9 Å². The van der Waals surface area contributed by atoms with E-state index in [-0.39, 0.29) is 29.8 Å². The van der Waals surface area contributed by atoms with Gasteiger partial charge >= 0.3 is 0 Å². The highest BCUT2D eigenvalue weighted by molar-refractivity contribution is 9.10. The Labute approximate surface area is 152 Å². The zero-order valence-electron chi connectivity index (χ0n) is 14.1. The van der Waals surface area contributed by atoms with Crippen molar-refractivity contribution in [3.63, 3.8) is 0 Å². The highest BCUT2D eigenvalue weighted by Gasteiger charge is 2.28. The first kappa shape index (κ1) is 19.4. The molecule has 0 spiro atoms. The number of carbonyl (C=O) groups is 1. The number of amides is 1. The molecule has 1 amide bonds. The van der Waals surface area contributed by atoms with E-state index in [2.05, 4.69) is 39.8 Å². The minimum Gasteiger partial charge on any atom is -0.353 e. The van der Waals surface area contributed by atoms with Gasteiger partial charge in [0.05, 0.1) is 4.90 Å². The number of rotatable bonds is 6. The maximum Gasteiger partial charge on any atom is 0.240 e. The van der Waals surface area contributed by atoms with Crippen LogP contribution in [0.2, 0.25) is 0 Å². The monoisotopic (exact) mass is 416 g/mol. The molecule has 3 atom stereocenters. The van der Waals surface area contributed by atoms with Gasteiger partial charge in [-0.1, -0.05) is 42.6 Å². The lowest BCUT2D eigenvalue weighted by Gasteiger charge is -2.34. The summed E-state index contributed by atoms with van der Waals surface area (Å²) in [6.45, 7) is 4.49. The van der Waals surface area contributed by atoms with Crippen LogP contribution in [0, 0.1) is 11.8 Å². The average molecular weight is 417 g/mol. The van der Waals surface area contributed by atoms with E-state index >= 15 is 0 Å². The first-order valence-electron chi connectivity index (χ1n) is 8.34. The largest absolute Gasteiger partial charge is 0.353 e. The maximum atomic E-state index is 12.2. The highest BCUT2D eigenvalue weighted by atomic mass is 79.9. The SMILES string of the molecule is C[C@H]1[C@@H](NC(=O)CCNS(=O)(=O)c2ccc(Br)cc2)CCC[C@@H]1C. The molecule has 2 N–H and O–H groups in total. The van der Waals surface area contributed by atoms with E-state index in [0.29, 0.717) is 11.8 Å². The third kappa shape index (κ3) is 5.29. The van der Waals surface area contributed by atoms with E-state index in [9.17, 15) is 13.2 Å². The molecule has 24 heavy (non-hydrogen) atoms. The molecule has 1 aromatic rings. The van der Waals surface area contributed by atoms with Crippen molar-refractivity contribution in [3.05, 3.63) is 28.7 Å². The molecule has 0 bridgehead atoms. The van der Waals surface area contributed by atoms with Crippen LogP contribution in [0.1, 0.15) is 39.5 Å². The summed E-state index contributed by atoms with van der Waals surface area (Å²) in [7, 11) is -3.58. The molecule has 7 heteroatoms. The molecule has 0 unspecified atom stereocenters. The summed E-state index contributed by atoms with van der Waals surface area (Å²) >= 11 is 3.27. The number of nitrogens with one attached hydrogen (secondary N) is 2. The van der Waals surface area contributed by atoms with Crippen LogP contribution >= 0.6 is 15.9 Å². The second kappa shape index (κ2) is 8.45. The van der Waals surface area contributed by atoms with Crippen molar-refractivity contribution in [2.45, 2.75) is 50.5 Å². The first-order chi connectivity index (χ1) is 11.3. The first-order valence-corrected chi connectivity index (χ1v) is 10.6. The molecule has 5 nitrogen and oxygen atoms in total. The minimum atomic E-state index is -3.58. The third-order valence-corrected chi connectivity index (χ3v) is 6.83. The van der Waals surface area contributed by atoms with Gasteiger partial charge in [0, 0.05) is 23.5 Å². The molecule has 2 rings (SSSR count). The quantitative estimate of drug-likeness (QED) is 0.747. The fraction of sp³-hybridized carbons (Fsp3) is 0.588. The summed E-state index contributed by atoms with van der Waals surface area (Å²) in [5.74, 6) is 0.974. The third-order valence-electron chi connectivity index (χ3n) is 4.82. The molecule has 134 valence electrons. The van der Waals surface area contributed by atoms with Gasteiger partial charge in [0.2, 0.25) is 15.9 Å². The van der Waals surface area contributed by atoms with Crippen molar-refractivity contribution in [1.29, 1.82) is 0 Å². The second-order valence-corrected chi connectivity index (χ2v) is 9.23. The lowest BCUT2D eigenvalue weighted by molar-refractivity contribution is -0.122. The van der Waals surface area contributed by atoms with Crippen molar-refractivity contribution in [1.82, 2.24) is 10.0 Å². The van der Waals surface area contributed by atoms with E-state index in [1.807, 2.05) is 0 Å². The molecule has 0 aromatic heterocycles. The number of hydrogen-bond donors (Lipinski definition) is 2. The summed E-state index contributed by atoms with van der Waals surface area (Å²) < 4.78 is 27.6. The molecule has 1 fully saturated rings. The Kier molecular flexibility index (Phi) is 6.83. The van der Waals surface area contributed by atoms with Gasteiger partial charge < -0.3 is 5.32 Å². The fourth-order valence-corrected chi connectivity index (χ4v) is 4.36. The van der Waals surface area contributed by atoms with Gasteiger partial charge in [0.1, 0.15) is 0 Å². The Morgan fingerprint density at radius 3 is 2.54 bits per heavy atom. The van der Waals surface area contributed by atoms with Gasteiger partial charge in [-0.05, 0) is 42.5 Å². The normalized spacial score (nSPS) is 24.5. The van der Waals surface area contributed by atoms with E-state index in [4.69, 9.17) is 0 Å². The minimum absolute atomic E-state index is 0.0977. The predicted octanol–water partition coefficient (Wildman–Crippen LogP) is 3.06. The summed E-state index contributed by atoms with van der Waals surface area (Å²) in [6, 6.07) is 6.60. The summed E-state index contributed by atoms with van der Waals surface area (Å²) in [6.07, 6.45) is 3.49. The van der Waals surface area contributed by atoms with Gasteiger partial charge in [-0.15, -0.1) is 0 Å². The summed E-state index contributed by atoms with van der Waals surface area (Å²) in [5.41, 5.74) is 0. The van der Waals surface area contributed by atoms with E-state index in [0.717, 1.165) is 17.3 Å². The van der Waals surface area contributed by atoms with Gasteiger partial charge in [-0.25, -0.2) is 13.1 Å². The lowest BCUT2D eigenvalue weighted by Crippen LogP contribution is -2.44. The van der Waals surface area contributed by atoms with Crippen LogP contribution in [0.15, 0.2) is 33.6 Å². The number of benzene rings is 1. The number of sulfonamides is 1. The van der Waals surface area contributed by atoms with Crippen LogP contribution in [0.25, 0.3) is 0 Å². The van der Waals surface area contributed by atoms with Gasteiger partial charge in [0.15, 0.2) is 0 Å². The van der Waals surface area contributed by atoms with Gasteiger partial charge in [-0.3, -0.25) is 4.79 Å². The molecule has 1 aliphatic carbocycles. The standard InChI is InChI=1S/C17H25BrN2O3S/c1-12-4-3-5-16(13(12)2)20-17(21)10-11-19-24(22,23)15-8-6-14(18)7-9-15/h6-9,12-13,16,19H,3-5,10-11H2,1-2H3,(H,20,21)/t12-,13+,16-/m0/s1. The number of hydrogen-bond acceptors (Lipinski definition) is 3. The zero-order valence-corrected chi connectivity index (χ0v) is 16.5. The van der Waals surface area contributed by atoms with Crippen molar-refractivity contribution >= 4 is 31.9 Å². The molecule has 0 heterocycles. The van der Waals surface area contributed by atoms with Crippen LogP contribution < -0.4 is 10.0 Å². The second-order valence-electron chi connectivity index (χ2n) is 6.54. The number of carbonyl (C=O) groups excluding carboxylic acids is 1. The highest BCUT2D eigenvalue weighted by Crippen LogP contribution is 2.29. The Hall–Kier alpha value is -0.920. The van der Waals surface area contributed by atoms with Gasteiger partial charge in [-0.2, -0.15) is 0 Å². The van der Waals surface area contributed by atoms with Crippen LogP contribution in [0.3, 0.4) is 0 Å². The van der Waals surface area contributed by atoms with Crippen molar-refractivity contribution < 1.29 is 13.2 Å². The van der Waals surface area contributed by atoms with E-state index < -0.39 is 10.0 Å². The molecule has 1 aliphatic rings. The Balaban J connectivity index is 1.80. The Bertz CT molecular complexity index is 661. The Morgan fingerprint density at radius 1 is 1.21 bits per heavy atom. The van der Waals surface area contributed by atoms with Crippen LogP contribution in [-0.2, 0) is 14.8 Å². The molecule has 0 aliphatic heterocycles. The van der Waals surface area contributed by atoms with E-state index in [1.54, 1.807) is 12.1 Å². The Morgan fingerprint density at radius 2 is 1.88 bits per heavy atom. The summed E-state index contributed by atoms with van der Waals surface area (Å²) in [5, 5.41) is 3.05. The summed E-state index contributed by atoms with van der Waals surface area (Å²) in [4.78, 5) is 12.3. The number of halogens is 1. The van der Waals surface area contributed by atoms with Crippen molar-refractivity contribution in [3.8, 4) is 0 Å². The molecule has 0 radical (unpaired) electrons. The smallest absolute Gasteiger partial charge is 0.240 e. The zero-order chi connectivity index (χ0) is 17.7. The topological polar surface area (TPSA) is 75.3 Å². The molecule has 1 saturated carbocycles.